The first-order chi connectivity index (χ1) is 13.0. The summed E-state index contributed by atoms with van der Waals surface area (Å²) in [6.45, 7) is 0. The second-order valence-electron chi connectivity index (χ2n) is 6.50. The minimum absolute atomic E-state index is 0.115. The Kier molecular flexibility index (Phi) is 3.50. The molecule has 1 atom stereocenters. The van der Waals surface area contributed by atoms with Gasteiger partial charge in [-0.3, -0.25) is 4.68 Å². The minimum atomic E-state index is -0.284. The number of nitrogens with two attached hydrogens (primary N) is 1. The summed E-state index contributed by atoms with van der Waals surface area (Å²) in [5.41, 5.74) is 5.18. The van der Waals surface area contributed by atoms with Crippen molar-refractivity contribution in [1.29, 1.82) is 0 Å². The molecule has 1 aliphatic heterocycles. The van der Waals surface area contributed by atoms with Crippen LogP contribution in [-0.4, -0.2) is 14.8 Å². The van der Waals surface area contributed by atoms with Gasteiger partial charge in [-0.1, -0.05) is 47.5 Å². The molecule has 0 fully saturated rings. The van der Waals surface area contributed by atoms with E-state index in [4.69, 9.17) is 29.0 Å². The molecule has 0 saturated heterocycles. The van der Waals surface area contributed by atoms with Gasteiger partial charge in [0.25, 0.3) is 0 Å². The summed E-state index contributed by atoms with van der Waals surface area (Å²) in [6, 6.07) is 12.6. The number of fused-ring (bicyclic) bond motifs is 2. The van der Waals surface area contributed by atoms with Crippen LogP contribution in [0.2, 0.25) is 10.0 Å². The predicted molar refractivity (Wildman–Crippen MR) is 109 cm³/mol. The van der Waals surface area contributed by atoms with Crippen LogP contribution in [0.1, 0.15) is 17.2 Å². The molecular weight excluding hydrogens is 383 g/mol. The molecule has 0 aliphatic carbocycles. The van der Waals surface area contributed by atoms with Gasteiger partial charge in [0, 0.05) is 45.2 Å². The molecule has 0 saturated carbocycles. The van der Waals surface area contributed by atoms with Crippen LogP contribution in [-0.2, 0) is 0 Å². The van der Waals surface area contributed by atoms with E-state index >= 15 is 0 Å². The van der Waals surface area contributed by atoms with Gasteiger partial charge < -0.3 is 16.3 Å². The number of pyridine rings is 1. The number of aromatic nitrogens is 2. The van der Waals surface area contributed by atoms with E-state index in [1.54, 1.807) is 18.3 Å². The summed E-state index contributed by atoms with van der Waals surface area (Å²) in [5.74, 6) is 6.30. The van der Waals surface area contributed by atoms with E-state index in [0.717, 1.165) is 33.3 Å². The van der Waals surface area contributed by atoms with Gasteiger partial charge in [0.1, 0.15) is 5.75 Å². The number of rotatable bonds is 1. The molecule has 4 aromatic rings. The van der Waals surface area contributed by atoms with Crippen molar-refractivity contribution in [2.75, 3.05) is 11.2 Å². The molecule has 0 amide bonds. The van der Waals surface area contributed by atoms with Crippen molar-refractivity contribution in [3.05, 3.63) is 76.0 Å². The van der Waals surface area contributed by atoms with Gasteiger partial charge in [-0.25, -0.2) is 4.98 Å². The summed E-state index contributed by atoms with van der Waals surface area (Å²) in [4.78, 5) is 4.43. The zero-order valence-electron chi connectivity index (χ0n) is 13.9. The third kappa shape index (κ3) is 2.36. The van der Waals surface area contributed by atoms with Crippen LogP contribution in [0.15, 0.2) is 54.9 Å². The molecule has 27 heavy (non-hydrogen) atoms. The van der Waals surface area contributed by atoms with Crippen molar-refractivity contribution in [3.63, 3.8) is 0 Å². The lowest BCUT2D eigenvalue weighted by molar-refractivity contribution is 0.475. The summed E-state index contributed by atoms with van der Waals surface area (Å²) in [7, 11) is 0. The minimum Gasteiger partial charge on any atom is -0.508 e. The number of nitrogens with one attached hydrogen (secondary N) is 1. The van der Waals surface area contributed by atoms with Crippen molar-refractivity contribution in [2.24, 2.45) is 0 Å². The van der Waals surface area contributed by atoms with Gasteiger partial charge in [-0.05, 0) is 23.8 Å². The normalized spacial score (nSPS) is 15.3. The largest absolute Gasteiger partial charge is 0.508 e. The highest BCUT2D eigenvalue weighted by molar-refractivity contribution is 6.35. The standard InChI is InChI=1S/C20H14Cl2N4O/c21-14-7-10(27)5-6-11(14)19-13-9-26(23)20-18(13)17(15(22)8-24-20)12-3-1-2-4-16(12)25-19/h1-9,19,25,27H,23H2. The number of phenolic OH excluding ortho intramolecular Hbond substituents is 1. The number of hydrogen-bond donors (Lipinski definition) is 3. The molecule has 0 bridgehead atoms. The molecule has 2 aromatic carbocycles. The molecule has 1 unspecified atom stereocenters. The zero-order chi connectivity index (χ0) is 18.7. The Hall–Kier alpha value is -2.89. The Bertz CT molecular complexity index is 1220. The van der Waals surface area contributed by atoms with Crippen LogP contribution in [0.4, 0.5) is 5.69 Å². The number of phenols is 1. The average molecular weight is 397 g/mol. The maximum absolute atomic E-state index is 9.74. The Morgan fingerprint density at radius 1 is 1.07 bits per heavy atom. The Morgan fingerprint density at radius 2 is 1.89 bits per heavy atom. The van der Waals surface area contributed by atoms with E-state index in [-0.39, 0.29) is 11.8 Å². The fourth-order valence-corrected chi connectivity index (χ4v) is 4.29. The summed E-state index contributed by atoms with van der Waals surface area (Å²) in [5, 5.41) is 15.2. The van der Waals surface area contributed by atoms with Crippen LogP contribution in [0.5, 0.6) is 5.75 Å². The number of nitrogen functional groups attached to an aromatic ring is 1. The van der Waals surface area contributed by atoms with Gasteiger partial charge >= 0.3 is 0 Å². The SMILES string of the molecule is Nn1cc2c3c(c(Cl)cnc31)-c1ccccc1NC2c1ccc(O)cc1Cl. The smallest absolute Gasteiger partial charge is 0.159 e. The number of aromatic hydroxyl groups is 1. The first kappa shape index (κ1) is 16.3. The highest BCUT2D eigenvalue weighted by Gasteiger charge is 2.29. The van der Waals surface area contributed by atoms with Crippen molar-refractivity contribution < 1.29 is 5.11 Å². The summed E-state index contributed by atoms with van der Waals surface area (Å²) >= 11 is 13.0. The van der Waals surface area contributed by atoms with Crippen LogP contribution < -0.4 is 11.2 Å². The second kappa shape index (κ2) is 5.81. The second-order valence-corrected chi connectivity index (χ2v) is 7.31. The van der Waals surface area contributed by atoms with Gasteiger partial charge in [0.15, 0.2) is 5.65 Å². The zero-order valence-corrected chi connectivity index (χ0v) is 15.5. The lowest BCUT2D eigenvalue weighted by Gasteiger charge is -2.20. The third-order valence-corrected chi connectivity index (χ3v) is 5.54. The molecule has 0 radical (unpaired) electrons. The number of anilines is 1. The van der Waals surface area contributed by atoms with Crippen molar-refractivity contribution in [1.82, 2.24) is 9.66 Å². The molecule has 1 aliphatic rings. The number of para-hydroxylation sites is 1. The molecule has 2 aromatic heterocycles. The van der Waals surface area contributed by atoms with Crippen LogP contribution in [0.3, 0.4) is 0 Å². The highest BCUT2D eigenvalue weighted by atomic mass is 35.5. The Balaban J connectivity index is 1.90. The summed E-state index contributed by atoms with van der Waals surface area (Å²) in [6.07, 6.45) is 3.46. The van der Waals surface area contributed by atoms with Crippen molar-refractivity contribution in [3.8, 4) is 16.9 Å². The third-order valence-electron chi connectivity index (χ3n) is 4.93. The maximum Gasteiger partial charge on any atom is 0.159 e. The fourth-order valence-electron chi connectivity index (χ4n) is 3.76. The molecular formula is C20H14Cl2N4O. The monoisotopic (exact) mass is 396 g/mol. The quantitative estimate of drug-likeness (QED) is 0.398. The van der Waals surface area contributed by atoms with Crippen LogP contribution in [0, 0.1) is 0 Å². The summed E-state index contributed by atoms with van der Waals surface area (Å²) < 4.78 is 1.50. The van der Waals surface area contributed by atoms with E-state index in [2.05, 4.69) is 10.3 Å². The number of halogens is 2. The molecule has 0 spiro atoms. The Labute approximate surface area is 164 Å². The number of nitrogens with zero attached hydrogens (tertiary/aromatic N) is 2. The molecule has 5 nitrogen and oxygen atoms in total. The number of hydrogen-bond acceptors (Lipinski definition) is 4. The van der Waals surface area contributed by atoms with E-state index in [1.807, 2.05) is 30.5 Å². The molecule has 5 rings (SSSR count). The van der Waals surface area contributed by atoms with Crippen LogP contribution in [0.25, 0.3) is 22.2 Å². The Morgan fingerprint density at radius 3 is 2.70 bits per heavy atom. The van der Waals surface area contributed by atoms with E-state index in [0.29, 0.717) is 15.7 Å². The predicted octanol–water partition coefficient (Wildman–Crippen LogP) is 4.94. The van der Waals surface area contributed by atoms with E-state index in [1.165, 1.54) is 10.7 Å². The lowest BCUT2D eigenvalue weighted by atomic mass is 9.97. The van der Waals surface area contributed by atoms with Gasteiger partial charge in [-0.2, -0.15) is 0 Å². The average Bonchev–Trinajstić information content (AvgIpc) is 2.89. The molecule has 3 heterocycles. The van der Waals surface area contributed by atoms with Gasteiger partial charge in [0.05, 0.1) is 11.1 Å². The highest BCUT2D eigenvalue weighted by Crippen LogP contribution is 2.47. The maximum atomic E-state index is 9.74. The first-order valence-corrected chi connectivity index (χ1v) is 9.09. The first-order valence-electron chi connectivity index (χ1n) is 8.33. The molecule has 7 heteroatoms. The number of benzene rings is 2. The van der Waals surface area contributed by atoms with E-state index in [9.17, 15) is 5.11 Å². The van der Waals surface area contributed by atoms with Crippen LogP contribution >= 0.6 is 23.2 Å². The van der Waals surface area contributed by atoms with Crippen molar-refractivity contribution >= 4 is 39.9 Å². The van der Waals surface area contributed by atoms with Crippen molar-refractivity contribution in [2.45, 2.75) is 6.04 Å². The molecule has 134 valence electrons. The van der Waals surface area contributed by atoms with Gasteiger partial charge in [0.2, 0.25) is 0 Å². The van der Waals surface area contributed by atoms with E-state index < -0.39 is 0 Å². The topological polar surface area (TPSA) is 76.1 Å². The molecule has 4 N–H and O–H groups in total. The fraction of sp³-hybridized carbons (Fsp3) is 0.0500. The van der Waals surface area contributed by atoms with Gasteiger partial charge in [-0.15, -0.1) is 0 Å². The lowest BCUT2D eigenvalue weighted by Crippen LogP contribution is -2.13.